The van der Waals surface area contributed by atoms with E-state index in [0.717, 1.165) is 31.5 Å². The van der Waals surface area contributed by atoms with Crippen molar-refractivity contribution < 1.29 is 4.79 Å². The summed E-state index contributed by atoms with van der Waals surface area (Å²) in [5.41, 5.74) is 0.125. The van der Waals surface area contributed by atoms with E-state index in [1.807, 2.05) is 37.3 Å². The largest absolute Gasteiger partial charge is 0.346 e. The van der Waals surface area contributed by atoms with Gasteiger partial charge >= 0.3 is 5.69 Å². The van der Waals surface area contributed by atoms with Crippen LogP contribution < -0.4 is 11.0 Å². The van der Waals surface area contributed by atoms with E-state index in [9.17, 15) is 9.59 Å². The quantitative estimate of drug-likeness (QED) is 0.778. The molecule has 0 bridgehead atoms. The summed E-state index contributed by atoms with van der Waals surface area (Å²) in [5, 5.41) is 9.26. The van der Waals surface area contributed by atoms with Crippen LogP contribution in [0.5, 0.6) is 0 Å². The molecule has 1 aromatic heterocycles. The number of aromatic nitrogens is 3. The lowest BCUT2D eigenvalue weighted by Gasteiger charge is -2.40. The van der Waals surface area contributed by atoms with Gasteiger partial charge in [0.25, 0.3) is 0 Å². The number of amides is 1. The number of carbonyl (C=O) groups excluding carboxylic acids is 1. The average molecular weight is 329 g/mol. The van der Waals surface area contributed by atoms with Crippen LogP contribution in [0.15, 0.2) is 35.1 Å². The van der Waals surface area contributed by atoms with Gasteiger partial charge in [-0.2, -0.15) is 5.10 Å². The molecular formula is C17H23N5O2. The van der Waals surface area contributed by atoms with Crippen LogP contribution in [-0.4, -0.2) is 46.1 Å². The molecule has 0 spiro atoms. The third-order valence-electron chi connectivity index (χ3n) is 4.88. The molecule has 1 fully saturated rings. The highest BCUT2D eigenvalue weighted by Crippen LogP contribution is 2.36. The molecule has 7 heteroatoms. The molecule has 3 rings (SSSR count). The Bertz CT molecular complexity index is 744. The zero-order valence-corrected chi connectivity index (χ0v) is 14.0. The number of hydrogen-bond acceptors (Lipinski definition) is 4. The van der Waals surface area contributed by atoms with E-state index < -0.39 is 5.41 Å². The van der Waals surface area contributed by atoms with Gasteiger partial charge < -0.3 is 10.2 Å². The van der Waals surface area contributed by atoms with Gasteiger partial charge in [0.2, 0.25) is 5.91 Å². The van der Waals surface area contributed by atoms with Crippen LogP contribution in [0.4, 0.5) is 0 Å². The molecule has 1 saturated heterocycles. The summed E-state index contributed by atoms with van der Waals surface area (Å²) in [7, 11) is 2.07. The molecule has 1 atom stereocenters. The number of nitrogens with zero attached hydrogens (tertiary/aromatic N) is 2. The van der Waals surface area contributed by atoms with E-state index in [0.29, 0.717) is 5.82 Å². The maximum absolute atomic E-state index is 13.2. The third-order valence-corrected chi connectivity index (χ3v) is 4.88. The SMILES string of the molecule is C[C@H](NC(=O)C1(c2ccccc2)CCN(C)CC1)c1n[nH]c(=O)[nH]1. The van der Waals surface area contributed by atoms with Gasteiger partial charge in [-0.25, -0.2) is 9.89 Å². The number of hydrogen-bond donors (Lipinski definition) is 3. The lowest BCUT2D eigenvalue weighted by Crippen LogP contribution is -2.51. The van der Waals surface area contributed by atoms with Crippen LogP contribution in [-0.2, 0) is 10.2 Å². The zero-order chi connectivity index (χ0) is 17.2. The molecule has 0 unspecified atom stereocenters. The Labute approximate surface area is 140 Å². The van der Waals surface area contributed by atoms with Crippen LogP contribution in [0.3, 0.4) is 0 Å². The number of piperidine rings is 1. The Kier molecular flexibility index (Phi) is 4.53. The molecule has 1 amide bonds. The van der Waals surface area contributed by atoms with Gasteiger partial charge in [-0.3, -0.25) is 9.78 Å². The molecule has 2 heterocycles. The van der Waals surface area contributed by atoms with E-state index in [1.165, 1.54) is 0 Å². The predicted molar refractivity (Wildman–Crippen MR) is 90.6 cm³/mol. The molecule has 128 valence electrons. The minimum absolute atomic E-state index is 0.0156. The van der Waals surface area contributed by atoms with E-state index in [1.54, 1.807) is 0 Å². The van der Waals surface area contributed by atoms with Crippen molar-refractivity contribution >= 4 is 5.91 Å². The van der Waals surface area contributed by atoms with Crippen molar-refractivity contribution in [2.45, 2.75) is 31.2 Å². The Morgan fingerprint density at radius 1 is 1.29 bits per heavy atom. The standard InChI is InChI=1S/C17H23N5O2/c1-12(14-19-16(24)21-20-14)18-15(23)17(8-10-22(2)11-9-17)13-6-4-3-5-7-13/h3-7,12H,8-11H2,1-2H3,(H,18,23)(H2,19,20,21,24)/t12-/m0/s1. The van der Waals surface area contributed by atoms with E-state index in [2.05, 4.69) is 32.4 Å². The maximum atomic E-state index is 13.2. The van der Waals surface area contributed by atoms with Gasteiger partial charge in [-0.15, -0.1) is 0 Å². The summed E-state index contributed by atoms with van der Waals surface area (Å²) < 4.78 is 0. The first-order chi connectivity index (χ1) is 11.5. The van der Waals surface area contributed by atoms with Crippen LogP contribution in [0.1, 0.15) is 37.2 Å². The summed E-state index contributed by atoms with van der Waals surface area (Å²) in [6.45, 7) is 3.56. The number of aromatic amines is 2. The fourth-order valence-corrected chi connectivity index (χ4v) is 3.30. The van der Waals surface area contributed by atoms with Gasteiger partial charge in [-0.05, 0) is 45.5 Å². The topological polar surface area (TPSA) is 93.9 Å². The molecule has 2 aromatic rings. The number of likely N-dealkylation sites (tertiary alicyclic amines) is 1. The van der Waals surface area contributed by atoms with Gasteiger partial charge in [0.05, 0.1) is 11.5 Å². The monoisotopic (exact) mass is 329 g/mol. The first-order valence-electron chi connectivity index (χ1n) is 8.21. The molecule has 7 nitrogen and oxygen atoms in total. The van der Waals surface area contributed by atoms with Gasteiger partial charge in [0, 0.05) is 0 Å². The summed E-state index contributed by atoms with van der Waals surface area (Å²) in [4.78, 5) is 29.2. The molecule has 0 radical (unpaired) electrons. The van der Waals surface area contributed by atoms with E-state index >= 15 is 0 Å². The zero-order valence-electron chi connectivity index (χ0n) is 14.0. The summed E-state index contributed by atoms with van der Waals surface area (Å²) >= 11 is 0. The van der Waals surface area contributed by atoms with E-state index in [4.69, 9.17) is 0 Å². The highest BCUT2D eigenvalue weighted by molar-refractivity contribution is 5.88. The van der Waals surface area contributed by atoms with Gasteiger partial charge in [0.15, 0.2) is 5.82 Å². The fourth-order valence-electron chi connectivity index (χ4n) is 3.30. The summed E-state index contributed by atoms with van der Waals surface area (Å²) in [5.74, 6) is 0.419. The lowest BCUT2D eigenvalue weighted by molar-refractivity contribution is -0.129. The summed E-state index contributed by atoms with van der Waals surface area (Å²) in [6, 6.07) is 9.57. The number of carbonyl (C=O) groups is 1. The molecule has 3 N–H and O–H groups in total. The van der Waals surface area contributed by atoms with Crippen molar-refractivity contribution in [3.63, 3.8) is 0 Å². The summed E-state index contributed by atoms with van der Waals surface area (Å²) in [6.07, 6.45) is 1.53. The van der Waals surface area contributed by atoms with Crippen LogP contribution in [0.25, 0.3) is 0 Å². The minimum atomic E-state index is -0.543. The molecule has 0 aliphatic carbocycles. The third kappa shape index (κ3) is 3.12. The fraction of sp³-hybridized carbons (Fsp3) is 0.471. The van der Waals surface area contributed by atoms with Crippen LogP contribution >= 0.6 is 0 Å². The Hall–Kier alpha value is -2.41. The van der Waals surface area contributed by atoms with E-state index in [-0.39, 0.29) is 17.6 Å². The van der Waals surface area contributed by atoms with Crippen molar-refractivity contribution in [3.8, 4) is 0 Å². The number of rotatable bonds is 4. The Balaban J connectivity index is 1.85. The van der Waals surface area contributed by atoms with Crippen molar-refractivity contribution in [1.29, 1.82) is 0 Å². The second-order valence-electron chi connectivity index (χ2n) is 6.51. The molecule has 1 aromatic carbocycles. The second-order valence-corrected chi connectivity index (χ2v) is 6.51. The van der Waals surface area contributed by atoms with Crippen LogP contribution in [0, 0.1) is 0 Å². The van der Waals surface area contributed by atoms with Gasteiger partial charge in [0.1, 0.15) is 0 Å². The van der Waals surface area contributed by atoms with Crippen molar-refractivity contribution in [2.24, 2.45) is 0 Å². The number of benzene rings is 1. The normalized spacial score (nSPS) is 18.9. The highest BCUT2D eigenvalue weighted by Gasteiger charge is 2.42. The number of nitrogens with one attached hydrogen (secondary N) is 3. The highest BCUT2D eigenvalue weighted by atomic mass is 16.2. The molecule has 24 heavy (non-hydrogen) atoms. The van der Waals surface area contributed by atoms with Crippen molar-refractivity contribution in [2.75, 3.05) is 20.1 Å². The number of H-pyrrole nitrogens is 2. The molecule has 1 aliphatic rings. The maximum Gasteiger partial charge on any atom is 0.340 e. The second kappa shape index (κ2) is 6.60. The molecule has 0 saturated carbocycles. The lowest BCUT2D eigenvalue weighted by atomic mass is 9.72. The molecule has 1 aliphatic heterocycles. The smallest absolute Gasteiger partial charge is 0.340 e. The molecular weight excluding hydrogens is 306 g/mol. The Morgan fingerprint density at radius 2 is 1.96 bits per heavy atom. The average Bonchev–Trinajstić information content (AvgIpc) is 3.03. The Morgan fingerprint density at radius 3 is 2.54 bits per heavy atom. The van der Waals surface area contributed by atoms with Crippen LogP contribution in [0.2, 0.25) is 0 Å². The predicted octanol–water partition coefficient (Wildman–Crippen LogP) is 0.939. The first-order valence-corrected chi connectivity index (χ1v) is 8.21. The van der Waals surface area contributed by atoms with Gasteiger partial charge in [-0.1, -0.05) is 30.3 Å². The minimum Gasteiger partial charge on any atom is -0.346 e. The van der Waals surface area contributed by atoms with Crippen molar-refractivity contribution in [3.05, 3.63) is 52.2 Å². The van der Waals surface area contributed by atoms with Crippen molar-refractivity contribution in [1.82, 2.24) is 25.4 Å². The first kappa shape index (κ1) is 16.4.